The molecule has 0 aliphatic carbocycles. The highest BCUT2D eigenvalue weighted by atomic mass is 16.5. The van der Waals surface area contributed by atoms with Crippen molar-refractivity contribution in [3.63, 3.8) is 0 Å². The third-order valence-corrected chi connectivity index (χ3v) is 4.69. The van der Waals surface area contributed by atoms with Gasteiger partial charge in [0.05, 0.1) is 18.8 Å². The van der Waals surface area contributed by atoms with E-state index in [1.807, 2.05) is 6.92 Å². The molecule has 1 aromatic heterocycles. The van der Waals surface area contributed by atoms with Gasteiger partial charge in [0.1, 0.15) is 18.0 Å². The smallest absolute Gasteiger partial charge is 0.313 e. The highest BCUT2D eigenvalue weighted by Gasteiger charge is 2.29. The van der Waals surface area contributed by atoms with E-state index in [1.165, 1.54) is 5.56 Å². The number of nitrogens with zero attached hydrogens (tertiary/aromatic N) is 2. The molecule has 1 aliphatic rings. The van der Waals surface area contributed by atoms with Gasteiger partial charge in [0.25, 0.3) is 0 Å². The lowest BCUT2D eigenvalue weighted by molar-refractivity contribution is -0.142. The summed E-state index contributed by atoms with van der Waals surface area (Å²) in [5, 5.41) is 0. The first kappa shape index (κ1) is 18.9. The maximum Gasteiger partial charge on any atom is 0.313 e. The summed E-state index contributed by atoms with van der Waals surface area (Å²) in [5.74, 6) is 7.39. The predicted octanol–water partition coefficient (Wildman–Crippen LogP) is 3.35. The first-order valence-corrected chi connectivity index (χ1v) is 9.15. The molecule has 0 amide bonds. The number of benzene rings is 1. The Bertz CT molecular complexity index is 906. The van der Waals surface area contributed by atoms with Crippen LogP contribution in [0.3, 0.4) is 0 Å². The number of fused-ring (bicyclic) bond motifs is 1. The van der Waals surface area contributed by atoms with Crippen molar-refractivity contribution in [3.05, 3.63) is 52.6 Å². The van der Waals surface area contributed by atoms with Crippen LogP contribution in [-0.4, -0.2) is 29.2 Å². The molecule has 5 nitrogen and oxygen atoms in total. The minimum atomic E-state index is -0.328. The third-order valence-electron chi connectivity index (χ3n) is 4.69. The first-order valence-electron chi connectivity index (χ1n) is 9.15. The van der Waals surface area contributed by atoms with Crippen molar-refractivity contribution in [3.8, 4) is 17.6 Å². The monoisotopic (exact) mass is 364 g/mol. The highest BCUT2D eigenvalue weighted by molar-refractivity contribution is 5.71. The number of hydrogen-bond acceptors (Lipinski definition) is 5. The minimum Gasteiger partial charge on any atom is -0.493 e. The molecular weight excluding hydrogens is 340 g/mol. The minimum absolute atomic E-state index is 0.0700. The van der Waals surface area contributed by atoms with Crippen molar-refractivity contribution in [1.29, 1.82) is 0 Å². The zero-order valence-electron chi connectivity index (χ0n) is 16.3. The molecule has 140 valence electrons. The quantitative estimate of drug-likeness (QED) is 0.617. The molecule has 2 aromatic rings. The van der Waals surface area contributed by atoms with Gasteiger partial charge < -0.3 is 9.47 Å². The maximum absolute atomic E-state index is 11.5. The van der Waals surface area contributed by atoms with Gasteiger partial charge in [-0.15, -0.1) is 0 Å². The fraction of sp³-hybridized carbons (Fsp3) is 0.409. The lowest BCUT2D eigenvalue weighted by Gasteiger charge is -2.33. The lowest BCUT2D eigenvalue weighted by Crippen LogP contribution is -2.26. The number of carbonyl (C=O) groups is 1. The van der Waals surface area contributed by atoms with E-state index in [2.05, 4.69) is 47.8 Å². The second-order valence-electron chi connectivity index (χ2n) is 7.27. The summed E-state index contributed by atoms with van der Waals surface area (Å²) in [6.45, 7) is 9.37. The van der Waals surface area contributed by atoms with E-state index in [4.69, 9.17) is 9.47 Å². The second-order valence-corrected chi connectivity index (χ2v) is 7.27. The first-order chi connectivity index (χ1) is 12.9. The van der Waals surface area contributed by atoms with Crippen LogP contribution >= 0.6 is 0 Å². The number of rotatable bonds is 3. The molecule has 0 radical (unpaired) electrons. The van der Waals surface area contributed by atoms with Gasteiger partial charge in [-0.3, -0.25) is 4.79 Å². The Balaban J connectivity index is 1.81. The van der Waals surface area contributed by atoms with E-state index in [9.17, 15) is 4.79 Å². The van der Waals surface area contributed by atoms with Crippen LogP contribution in [0.15, 0.2) is 24.5 Å². The summed E-state index contributed by atoms with van der Waals surface area (Å²) in [5.41, 5.74) is 4.04. The molecule has 27 heavy (non-hydrogen) atoms. The van der Waals surface area contributed by atoms with Crippen LogP contribution in [0.4, 0.5) is 0 Å². The van der Waals surface area contributed by atoms with Crippen molar-refractivity contribution in [2.24, 2.45) is 0 Å². The molecule has 1 aromatic carbocycles. The molecule has 1 aliphatic heterocycles. The van der Waals surface area contributed by atoms with E-state index < -0.39 is 0 Å². The SMILES string of the molecule is CCOC(=O)Cc1ncc(C#Cc2cc3c(cc2C)OCCC3(C)C)cn1. The summed E-state index contributed by atoms with van der Waals surface area (Å²) in [7, 11) is 0. The predicted molar refractivity (Wildman–Crippen MR) is 103 cm³/mol. The van der Waals surface area contributed by atoms with E-state index in [0.29, 0.717) is 18.0 Å². The Morgan fingerprint density at radius 1 is 1.26 bits per heavy atom. The van der Waals surface area contributed by atoms with E-state index >= 15 is 0 Å². The third kappa shape index (κ3) is 4.46. The number of ether oxygens (including phenoxy) is 2. The van der Waals surface area contributed by atoms with Gasteiger partial charge in [0.2, 0.25) is 0 Å². The molecule has 0 atom stereocenters. The Kier molecular flexibility index (Phi) is 5.46. The Hall–Kier alpha value is -2.87. The summed E-state index contributed by atoms with van der Waals surface area (Å²) < 4.78 is 10.7. The number of aromatic nitrogens is 2. The van der Waals surface area contributed by atoms with Gasteiger partial charge in [0, 0.05) is 23.5 Å². The Labute approximate surface area is 160 Å². The Morgan fingerprint density at radius 2 is 2.00 bits per heavy atom. The normalized spacial score (nSPS) is 14.4. The summed E-state index contributed by atoms with van der Waals surface area (Å²) in [6.07, 6.45) is 4.33. The molecule has 0 fully saturated rings. The molecular formula is C22H24N2O3. The molecule has 0 saturated carbocycles. The zero-order chi connectivity index (χ0) is 19.4. The highest BCUT2D eigenvalue weighted by Crippen LogP contribution is 2.39. The molecule has 5 heteroatoms. The van der Waals surface area contributed by atoms with Crippen molar-refractivity contribution in [2.45, 2.75) is 46.0 Å². The summed E-state index contributed by atoms with van der Waals surface area (Å²) >= 11 is 0. The summed E-state index contributed by atoms with van der Waals surface area (Å²) in [6, 6.07) is 4.20. The van der Waals surface area contributed by atoms with E-state index in [0.717, 1.165) is 29.9 Å². The number of hydrogen-bond donors (Lipinski definition) is 0. The second kappa shape index (κ2) is 7.79. The standard InChI is InChI=1S/C22H24N2O3/c1-5-26-21(25)12-20-23-13-16(14-24-20)6-7-17-11-18-19(10-15(17)2)27-9-8-22(18,3)4/h10-11,13-14H,5,8-9,12H2,1-4H3. The van der Waals surface area contributed by atoms with Gasteiger partial charge in [-0.05, 0) is 43.4 Å². The fourth-order valence-corrected chi connectivity index (χ4v) is 3.01. The van der Waals surface area contributed by atoms with Gasteiger partial charge >= 0.3 is 5.97 Å². The van der Waals surface area contributed by atoms with Crippen LogP contribution < -0.4 is 4.74 Å². The van der Waals surface area contributed by atoms with Crippen molar-refractivity contribution >= 4 is 5.97 Å². The topological polar surface area (TPSA) is 61.3 Å². The number of aryl methyl sites for hydroxylation is 1. The average molecular weight is 364 g/mol. The number of esters is 1. The van der Waals surface area contributed by atoms with Gasteiger partial charge in [0.15, 0.2) is 0 Å². The molecule has 2 heterocycles. The van der Waals surface area contributed by atoms with E-state index in [-0.39, 0.29) is 17.8 Å². The fourth-order valence-electron chi connectivity index (χ4n) is 3.01. The van der Waals surface area contributed by atoms with Crippen molar-refractivity contribution in [2.75, 3.05) is 13.2 Å². The zero-order valence-corrected chi connectivity index (χ0v) is 16.3. The molecule has 0 unspecified atom stereocenters. The van der Waals surface area contributed by atoms with Crippen LogP contribution in [0.5, 0.6) is 5.75 Å². The Morgan fingerprint density at radius 3 is 2.70 bits per heavy atom. The van der Waals surface area contributed by atoms with Crippen LogP contribution in [0.1, 0.15) is 55.3 Å². The molecule has 0 spiro atoms. The van der Waals surface area contributed by atoms with Crippen molar-refractivity contribution in [1.82, 2.24) is 9.97 Å². The molecule has 0 N–H and O–H groups in total. The summed E-state index contributed by atoms with van der Waals surface area (Å²) in [4.78, 5) is 19.9. The molecule has 3 rings (SSSR count). The number of carbonyl (C=O) groups excluding carboxylic acids is 1. The van der Waals surface area contributed by atoms with Gasteiger partial charge in [-0.25, -0.2) is 9.97 Å². The largest absolute Gasteiger partial charge is 0.493 e. The van der Waals surface area contributed by atoms with Crippen LogP contribution in [0, 0.1) is 18.8 Å². The van der Waals surface area contributed by atoms with Crippen LogP contribution in [0.25, 0.3) is 0 Å². The molecule has 0 bridgehead atoms. The van der Waals surface area contributed by atoms with Gasteiger partial charge in [-0.2, -0.15) is 0 Å². The van der Waals surface area contributed by atoms with Crippen LogP contribution in [0.2, 0.25) is 0 Å². The maximum atomic E-state index is 11.5. The molecule has 0 saturated heterocycles. The van der Waals surface area contributed by atoms with Crippen LogP contribution in [-0.2, 0) is 21.4 Å². The van der Waals surface area contributed by atoms with Crippen molar-refractivity contribution < 1.29 is 14.3 Å². The lowest BCUT2D eigenvalue weighted by atomic mass is 9.78. The van der Waals surface area contributed by atoms with Gasteiger partial charge in [-0.1, -0.05) is 25.7 Å². The average Bonchev–Trinajstić information content (AvgIpc) is 2.61. The van der Waals surface area contributed by atoms with E-state index in [1.54, 1.807) is 19.3 Å².